The molecule has 3 unspecified atom stereocenters. The molecule has 3 atom stereocenters. The molecule has 0 spiro atoms. The maximum absolute atomic E-state index is 11.6. The summed E-state index contributed by atoms with van der Waals surface area (Å²) in [6.07, 6.45) is 5.94. The van der Waals surface area contributed by atoms with Gasteiger partial charge in [-0.05, 0) is 44.2 Å². The molecule has 4 nitrogen and oxygen atoms in total. The molecule has 1 rings (SSSR count). The van der Waals surface area contributed by atoms with Gasteiger partial charge in [0.1, 0.15) is 0 Å². The normalized spacial score (nSPS) is 27.5. The first kappa shape index (κ1) is 16.4. The van der Waals surface area contributed by atoms with Crippen molar-refractivity contribution in [1.82, 2.24) is 4.90 Å². The maximum atomic E-state index is 11.6. The van der Waals surface area contributed by atoms with Crippen molar-refractivity contribution in [3.63, 3.8) is 0 Å². The standard InChI is InChI=1S/C15H30N2O2/c1-4-8-17(11-15(18)19-3)14-9-12(5-2)6-7-13(14)10-16/h12-14H,4-11,16H2,1-3H3. The molecule has 0 bridgehead atoms. The van der Waals surface area contributed by atoms with Crippen LogP contribution in [0.2, 0.25) is 0 Å². The van der Waals surface area contributed by atoms with Gasteiger partial charge in [0.2, 0.25) is 0 Å². The second-order valence-corrected chi connectivity index (χ2v) is 5.70. The van der Waals surface area contributed by atoms with Gasteiger partial charge in [-0.15, -0.1) is 0 Å². The average molecular weight is 270 g/mol. The Kier molecular flexibility index (Phi) is 7.39. The average Bonchev–Trinajstić information content (AvgIpc) is 2.45. The van der Waals surface area contributed by atoms with Crippen molar-refractivity contribution in [3.8, 4) is 0 Å². The fraction of sp³-hybridized carbons (Fsp3) is 0.933. The van der Waals surface area contributed by atoms with Crippen molar-refractivity contribution >= 4 is 5.97 Å². The van der Waals surface area contributed by atoms with Gasteiger partial charge < -0.3 is 10.5 Å². The van der Waals surface area contributed by atoms with Gasteiger partial charge in [-0.25, -0.2) is 0 Å². The van der Waals surface area contributed by atoms with Gasteiger partial charge in [-0.2, -0.15) is 0 Å². The molecule has 19 heavy (non-hydrogen) atoms. The topological polar surface area (TPSA) is 55.6 Å². The van der Waals surface area contributed by atoms with E-state index >= 15 is 0 Å². The van der Waals surface area contributed by atoms with Crippen LogP contribution in [0, 0.1) is 11.8 Å². The van der Waals surface area contributed by atoms with Crippen molar-refractivity contribution in [2.75, 3.05) is 26.7 Å². The zero-order chi connectivity index (χ0) is 14.3. The minimum atomic E-state index is -0.136. The molecule has 2 N–H and O–H groups in total. The Morgan fingerprint density at radius 2 is 2.11 bits per heavy atom. The largest absolute Gasteiger partial charge is 0.468 e. The lowest BCUT2D eigenvalue weighted by atomic mass is 9.76. The molecule has 4 heteroatoms. The summed E-state index contributed by atoms with van der Waals surface area (Å²) in [5, 5.41) is 0. The summed E-state index contributed by atoms with van der Waals surface area (Å²) in [6, 6.07) is 0.447. The number of hydrogen-bond acceptors (Lipinski definition) is 4. The van der Waals surface area contributed by atoms with Crippen LogP contribution in [0.25, 0.3) is 0 Å². The van der Waals surface area contributed by atoms with Crippen LogP contribution in [-0.4, -0.2) is 43.7 Å². The molecule has 0 aliphatic heterocycles. The van der Waals surface area contributed by atoms with Gasteiger partial charge in [-0.1, -0.05) is 26.7 Å². The number of carbonyl (C=O) groups is 1. The van der Waals surface area contributed by atoms with E-state index in [0.29, 0.717) is 18.5 Å². The van der Waals surface area contributed by atoms with Crippen molar-refractivity contribution in [3.05, 3.63) is 0 Å². The van der Waals surface area contributed by atoms with Gasteiger partial charge >= 0.3 is 5.97 Å². The lowest BCUT2D eigenvalue weighted by Gasteiger charge is -2.42. The zero-order valence-corrected chi connectivity index (χ0v) is 12.7. The fourth-order valence-corrected chi connectivity index (χ4v) is 3.27. The van der Waals surface area contributed by atoms with Crippen LogP contribution in [0.4, 0.5) is 0 Å². The van der Waals surface area contributed by atoms with Crippen molar-refractivity contribution < 1.29 is 9.53 Å². The van der Waals surface area contributed by atoms with E-state index in [9.17, 15) is 4.79 Å². The Morgan fingerprint density at radius 1 is 1.37 bits per heavy atom. The molecule has 1 aliphatic rings. The van der Waals surface area contributed by atoms with E-state index in [1.54, 1.807) is 0 Å². The molecular formula is C15H30N2O2. The lowest BCUT2D eigenvalue weighted by Crippen LogP contribution is -2.49. The number of carbonyl (C=O) groups excluding carboxylic acids is 1. The maximum Gasteiger partial charge on any atom is 0.319 e. The van der Waals surface area contributed by atoms with E-state index in [0.717, 1.165) is 25.4 Å². The number of nitrogens with zero attached hydrogens (tertiary/aromatic N) is 1. The molecule has 0 heterocycles. The Balaban J connectivity index is 2.73. The van der Waals surface area contributed by atoms with Gasteiger partial charge in [0.05, 0.1) is 13.7 Å². The van der Waals surface area contributed by atoms with Crippen LogP contribution in [0.3, 0.4) is 0 Å². The number of esters is 1. The highest BCUT2D eigenvalue weighted by molar-refractivity contribution is 5.71. The molecule has 0 aromatic rings. The molecule has 0 saturated heterocycles. The number of hydrogen-bond donors (Lipinski definition) is 1. The highest BCUT2D eigenvalue weighted by Crippen LogP contribution is 2.33. The zero-order valence-electron chi connectivity index (χ0n) is 12.7. The van der Waals surface area contributed by atoms with E-state index in [2.05, 4.69) is 18.7 Å². The quantitative estimate of drug-likeness (QED) is 0.719. The number of rotatable bonds is 7. The first-order valence-corrected chi connectivity index (χ1v) is 7.67. The van der Waals surface area contributed by atoms with E-state index in [-0.39, 0.29) is 5.97 Å². The van der Waals surface area contributed by atoms with E-state index in [1.165, 1.54) is 32.8 Å². The van der Waals surface area contributed by atoms with Gasteiger partial charge in [0.15, 0.2) is 0 Å². The molecule has 1 aliphatic carbocycles. The summed E-state index contributed by atoms with van der Waals surface area (Å²) in [6.45, 7) is 6.49. The smallest absolute Gasteiger partial charge is 0.319 e. The van der Waals surface area contributed by atoms with Crippen LogP contribution >= 0.6 is 0 Å². The number of ether oxygens (including phenoxy) is 1. The van der Waals surface area contributed by atoms with E-state index < -0.39 is 0 Å². The predicted octanol–water partition coefficient (Wildman–Crippen LogP) is 2.02. The van der Waals surface area contributed by atoms with Crippen molar-refractivity contribution in [2.24, 2.45) is 17.6 Å². The third-order valence-electron chi connectivity index (χ3n) is 4.48. The summed E-state index contributed by atoms with van der Waals surface area (Å²) < 4.78 is 4.83. The van der Waals surface area contributed by atoms with Crippen LogP contribution in [0.15, 0.2) is 0 Å². The summed E-state index contributed by atoms with van der Waals surface area (Å²) in [7, 11) is 1.46. The molecule has 112 valence electrons. The molecule has 0 aromatic heterocycles. The Morgan fingerprint density at radius 3 is 2.63 bits per heavy atom. The second-order valence-electron chi connectivity index (χ2n) is 5.70. The minimum absolute atomic E-state index is 0.136. The Bertz CT molecular complexity index is 271. The first-order chi connectivity index (χ1) is 9.15. The molecule has 1 fully saturated rings. The molecule has 1 saturated carbocycles. The lowest BCUT2D eigenvalue weighted by molar-refractivity contribution is -0.143. The Labute approximate surface area is 117 Å². The summed E-state index contributed by atoms with van der Waals surface area (Å²) >= 11 is 0. The molecule has 0 aromatic carbocycles. The first-order valence-electron chi connectivity index (χ1n) is 7.67. The van der Waals surface area contributed by atoms with Gasteiger partial charge in [0.25, 0.3) is 0 Å². The third-order valence-corrected chi connectivity index (χ3v) is 4.48. The fourth-order valence-electron chi connectivity index (χ4n) is 3.27. The minimum Gasteiger partial charge on any atom is -0.468 e. The van der Waals surface area contributed by atoms with Crippen LogP contribution in [0.5, 0.6) is 0 Å². The highest BCUT2D eigenvalue weighted by atomic mass is 16.5. The number of nitrogens with two attached hydrogens (primary N) is 1. The van der Waals surface area contributed by atoms with Gasteiger partial charge in [-0.3, -0.25) is 9.69 Å². The summed E-state index contributed by atoms with van der Waals surface area (Å²) in [5.74, 6) is 1.17. The SMILES string of the molecule is CCCN(CC(=O)OC)C1CC(CC)CCC1CN. The van der Waals surface area contributed by atoms with Crippen molar-refractivity contribution in [2.45, 2.75) is 52.0 Å². The highest BCUT2D eigenvalue weighted by Gasteiger charge is 2.33. The summed E-state index contributed by atoms with van der Waals surface area (Å²) in [5.41, 5.74) is 5.93. The van der Waals surface area contributed by atoms with Crippen LogP contribution < -0.4 is 5.73 Å². The number of methoxy groups -OCH3 is 1. The molecular weight excluding hydrogens is 240 g/mol. The molecule has 0 amide bonds. The summed E-state index contributed by atoms with van der Waals surface area (Å²) in [4.78, 5) is 13.9. The third kappa shape index (κ3) is 4.77. The van der Waals surface area contributed by atoms with E-state index in [1.807, 2.05) is 0 Å². The van der Waals surface area contributed by atoms with Gasteiger partial charge in [0, 0.05) is 6.04 Å². The predicted molar refractivity (Wildman–Crippen MR) is 77.8 cm³/mol. The monoisotopic (exact) mass is 270 g/mol. The van der Waals surface area contributed by atoms with Crippen LogP contribution in [0.1, 0.15) is 46.0 Å². The Hall–Kier alpha value is -0.610. The van der Waals surface area contributed by atoms with Crippen molar-refractivity contribution in [1.29, 1.82) is 0 Å². The van der Waals surface area contributed by atoms with Crippen LogP contribution in [-0.2, 0) is 9.53 Å². The van der Waals surface area contributed by atoms with E-state index in [4.69, 9.17) is 10.5 Å². The molecule has 0 radical (unpaired) electrons. The second kappa shape index (κ2) is 8.54.